The van der Waals surface area contributed by atoms with Gasteiger partial charge in [0.1, 0.15) is 13.2 Å². The van der Waals surface area contributed by atoms with E-state index < -0.39 is 5.97 Å². The largest absolute Gasteiger partial charge is 0.486 e. The molecule has 23 heavy (non-hydrogen) atoms. The van der Waals surface area contributed by atoms with Gasteiger partial charge in [0.25, 0.3) is 0 Å². The van der Waals surface area contributed by atoms with Crippen molar-refractivity contribution >= 4 is 5.97 Å². The second-order valence-corrected chi connectivity index (χ2v) is 6.75. The number of hydrogen-bond acceptors (Lipinski definition) is 3. The van der Waals surface area contributed by atoms with Crippen LogP contribution in [0, 0.1) is 6.92 Å². The smallest absolute Gasteiger partial charge is 0.337 e. The first kappa shape index (κ1) is 15.5. The molecule has 1 aromatic heterocycles. The van der Waals surface area contributed by atoms with Crippen LogP contribution in [-0.4, -0.2) is 28.9 Å². The number of carboxylic acid groups (broad SMARTS) is 1. The Bertz CT molecular complexity index is 768. The van der Waals surface area contributed by atoms with Crippen molar-refractivity contribution in [3.63, 3.8) is 0 Å². The predicted octanol–water partition coefficient (Wildman–Crippen LogP) is 3.55. The zero-order valence-electron chi connectivity index (χ0n) is 13.8. The lowest BCUT2D eigenvalue weighted by Gasteiger charge is -2.24. The van der Waals surface area contributed by atoms with Gasteiger partial charge in [-0.1, -0.05) is 20.8 Å². The van der Waals surface area contributed by atoms with E-state index in [0.717, 1.165) is 17.1 Å². The molecule has 0 unspecified atom stereocenters. The van der Waals surface area contributed by atoms with Gasteiger partial charge in [-0.2, -0.15) is 0 Å². The van der Waals surface area contributed by atoms with Gasteiger partial charge in [0, 0.05) is 28.6 Å². The summed E-state index contributed by atoms with van der Waals surface area (Å²) in [6.45, 7) is 9.11. The monoisotopic (exact) mass is 315 g/mol. The van der Waals surface area contributed by atoms with Crippen LogP contribution in [0.25, 0.3) is 5.69 Å². The summed E-state index contributed by atoms with van der Waals surface area (Å²) in [6, 6.07) is 7.47. The second-order valence-electron chi connectivity index (χ2n) is 6.75. The second kappa shape index (κ2) is 5.33. The molecule has 5 heteroatoms. The number of carbonyl (C=O) groups is 1. The zero-order chi connectivity index (χ0) is 16.8. The Hall–Kier alpha value is -2.43. The summed E-state index contributed by atoms with van der Waals surface area (Å²) in [6.07, 6.45) is 0. The fourth-order valence-corrected chi connectivity index (χ4v) is 2.88. The van der Waals surface area contributed by atoms with Gasteiger partial charge < -0.3 is 19.1 Å². The van der Waals surface area contributed by atoms with Crippen molar-refractivity contribution in [1.29, 1.82) is 0 Å². The van der Waals surface area contributed by atoms with Crippen molar-refractivity contribution in [2.24, 2.45) is 0 Å². The fourth-order valence-electron chi connectivity index (χ4n) is 2.88. The third-order valence-corrected chi connectivity index (χ3v) is 4.03. The summed E-state index contributed by atoms with van der Waals surface area (Å²) < 4.78 is 13.2. The van der Waals surface area contributed by atoms with E-state index in [1.807, 2.05) is 29.7 Å². The molecule has 2 aromatic rings. The Balaban J connectivity index is 2.20. The van der Waals surface area contributed by atoms with E-state index in [1.54, 1.807) is 6.07 Å². The molecule has 1 N–H and O–H groups in total. The van der Waals surface area contributed by atoms with Crippen LogP contribution in [0.15, 0.2) is 24.3 Å². The molecular weight excluding hydrogens is 294 g/mol. The maximum atomic E-state index is 11.5. The quantitative estimate of drug-likeness (QED) is 0.920. The van der Waals surface area contributed by atoms with Gasteiger partial charge >= 0.3 is 5.97 Å². The molecule has 0 amide bonds. The Morgan fingerprint density at radius 3 is 2.39 bits per heavy atom. The molecule has 3 rings (SSSR count). The molecule has 0 spiro atoms. The maximum Gasteiger partial charge on any atom is 0.337 e. The number of aromatic nitrogens is 1. The van der Waals surface area contributed by atoms with Crippen molar-refractivity contribution in [1.82, 2.24) is 4.57 Å². The lowest BCUT2D eigenvalue weighted by molar-refractivity contribution is 0.0696. The van der Waals surface area contributed by atoms with Crippen molar-refractivity contribution in [3.05, 3.63) is 41.2 Å². The topological polar surface area (TPSA) is 60.7 Å². The van der Waals surface area contributed by atoms with Crippen LogP contribution in [0.1, 0.15) is 42.5 Å². The molecule has 1 aromatic carbocycles. The van der Waals surface area contributed by atoms with Crippen LogP contribution in [0.3, 0.4) is 0 Å². The highest BCUT2D eigenvalue weighted by molar-refractivity contribution is 5.89. The number of aromatic carboxylic acids is 1. The number of rotatable bonds is 2. The molecule has 0 atom stereocenters. The molecule has 0 bridgehead atoms. The highest BCUT2D eigenvalue weighted by atomic mass is 16.6. The Kier molecular flexibility index (Phi) is 3.59. The van der Waals surface area contributed by atoms with Crippen LogP contribution < -0.4 is 9.47 Å². The minimum Gasteiger partial charge on any atom is -0.486 e. The van der Waals surface area contributed by atoms with Crippen molar-refractivity contribution in [3.8, 4) is 17.2 Å². The molecule has 5 nitrogen and oxygen atoms in total. The Morgan fingerprint density at radius 1 is 1.13 bits per heavy atom. The summed E-state index contributed by atoms with van der Waals surface area (Å²) in [7, 11) is 0. The molecule has 0 radical (unpaired) electrons. The third-order valence-electron chi connectivity index (χ3n) is 4.03. The van der Waals surface area contributed by atoms with Crippen LogP contribution in [0.5, 0.6) is 11.5 Å². The van der Waals surface area contributed by atoms with Crippen LogP contribution in [-0.2, 0) is 5.41 Å². The number of nitrogens with zero attached hydrogens (tertiary/aromatic N) is 1. The van der Waals surface area contributed by atoms with Crippen molar-refractivity contribution < 1.29 is 19.4 Å². The van der Waals surface area contributed by atoms with E-state index in [4.69, 9.17) is 9.47 Å². The van der Waals surface area contributed by atoms with E-state index >= 15 is 0 Å². The number of fused-ring (bicyclic) bond motifs is 1. The van der Waals surface area contributed by atoms with Gasteiger partial charge in [-0.05, 0) is 25.1 Å². The minimum absolute atomic E-state index is 0.189. The standard InChI is InChI=1S/C18H21NO4/c1-11-13(17(20)21)10-16(18(2,3)4)19(11)12-5-6-14-15(9-12)23-8-7-22-14/h5-6,9-10H,7-8H2,1-4H3,(H,20,21). The minimum atomic E-state index is -0.913. The van der Waals surface area contributed by atoms with Crippen LogP contribution >= 0.6 is 0 Å². The molecule has 1 aliphatic heterocycles. The van der Waals surface area contributed by atoms with E-state index in [0.29, 0.717) is 30.2 Å². The van der Waals surface area contributed by atoms with Gasteiger partial charge in [-0.3, -0.25) is 0 Å². The van der Waals surface area contributed by atoms with E-state index in [-0.39, 0.29) is 5.41 Å². The van der Waals surface area contributed by atoms with Gasteiger partial charge in [-0.25, -0.2) is 4.79 Å². The molecule has 1 aliphatic rings. The van der Waals surface area contributed by atoms with Crippen molar-refractivity contribution in [2.45, 2.75) is 33.1 Å². The molecule has 0 saturated carbocycles. The van der Waals surface area contributed by atoms with Crippen LogP contribution in [0.2, 0.25) is 0 Å². The third kappa shape index (κ3) is 2.67. The Morgan fingerprint density at radius 2 is 1.78 bits per heavy atom. The molecule has 122 valence electrons. The van der Waals surface area contributed by atoms with Gasteiger partial charge in [-0.15, -0.1) is 0 Å². The molecule has 0 aliphatic carbocycles. The van der Waals surface area contributed by atoms with Crippen LogP contribution in [0.4, 0.5) is 0 Å². The summed E-state index contributed by atoms with van der Waals surface area (Å²) in [5.41, 5.74) is 2.67. The highest BCUT2D eigenvalue weighted by Gasteiger charge is 2.26. The average Bonchev–Trinajstić information content (AvgIpc) is 2.84. The summed E-state index contributed by atoms with van der Waals surface area (Å²) in [4.78, 5) is 11.5. The zero-order valence-corrected chi connectivity index (χ0v) is 13.8. The SMILES string of the molecule is Cc1c(C(=O)O)cc(C(C)(C)C)n1-c1ccc2c(c1)OCCO2. The summed E-state index contributed by atoms with van der Waals surface area (Å²) >= 11 is 0. The number of hydrogen-bond donors (Lipinski definition) is 1. The highest BCUT2D eigenvalue weighted by Crippen LogP contribution is 2.36. The first-order valence-corrected chi connectivity index (χ1v) is 7.65. The molecule has 0 saturated heterocycles. The first-order chi connectivity index (χ1) is 10.8. The molecule has 2 heterocycles. The normalized spacial score (nSPS) is 13.9. The predicted molar refractivity (Wildman–Crippen MR) is 87.2 cm³/mol. The van der Waals surface area contributed by atoms with Gasteiger partial charge in [0.05, 0.1) is 5.56 Å². The van der Waals surface area contributed by atoms with E-state index in [1.165, 1.54) is 0 Å². The van der Waals surface area contributed by atoms with Gasteiger partial charge in [0.15, 0.2) is 11.5 Å². The van der Waals surface area contributed by atoms with Gasteiger partial charge in [0.2, 0.25) is 0 Å². The molecule has 0 fully saturated rings. The van der Waals surface area contributed by atoms with E-state index in [2.05, 4.69) is 20.8 Å². The number of ether oxygens (including phenoxy) is 2. The average molecular weight is 315 g/mol. The summed E-state index contributed by atoms with van der Waals surface area (Å²) in [5.74, 6) is 0.503. The van der Waals surface area contributed by atoms with E-state index in [9.17, 15) is 9.90 Å². The lowest BCUT2D eigenvalue weighted by atomic mass is 9.91. The number of benzene rings is 1. The number of carboxylic acids is 1. The Labute approximate surface area is 135 Å². The summed E-state index contributed by atoms with van der Waals surface area (Å²) in [5, 5.41) is 9.45. The fraction of sp³-hybridized carbons (Fsp3) is 0.389. The first-order valence-electron chi connectivity index (χ1n) is 7.65. The molecular formula is C18H21NO4. The maximum absolute atomic E-state index is 11.5. The van der Waals surface area contributed by atoms with Crippen molar-refractivity contribution in [2.75, 3.05) is 13.2 Å². The lowest BCUT2D eigenvalue weighted by Crippen LogP contribution is -2.18.